The number of pyridine rings is 1. The highest BCUT2D eigenvalue weighted by Crippen LogP contribution is 2.52. The van der Waals surface area contributed by atoms with Crippen molar-refractivity contribution in [3.63, 3.8) is 0 Å². The average Bonchev–Trinajstić information content (AvgIpc) is 3.04. The standard InChI is InChI=1S/C17H24N2O2/c1-3-17(16(20)21-4-2)10-14-7-8-15(17)19(14)12-13-6-5-9-18-11-13/h5-6,9,11,14-15H,3-4,7-8,10,12H2,1-2H3/t14-,15+,17+/m0/s1. The van der Waals surface area contributed by atoms with Crippen LogP contribution < -0.4 is 0 Å². The number of aromatic nitrogens is 1. The number of carbonyl (C=O) groups is 1. The SMILES string of the molecule is CCOC(=O)[C@]1(CC)C[C@@H]2CC[C@H]1N2Cc1cccnc1. The molecule has 0 amide bonds. The molecule has 21 heavy (non-hydrogen) atoms. The molecule has 4 heteroatoms. The monoisotopic (exact) mass is 288 g/mol. The van der Waals surface area contributed by atoms with Crippen molar-refractivity contribution in [2.24, 2.45) is 5.41 Å². The van der Waals surface area contributed by atoms with E-state index in [0.717, 1.165) is 25.8 Å². The fourth-order valence-corrected chi connectivity index (χ4v) is 4.27. The maximum atomic E-state index is 12.5. The van der Waals surface area contributed by atoms with E-state index in [-0.39, 0.29) is 11.4 Å². The highest BCUT2D eigenvalue weighted by molar-refractivity contribution is 5.78. The number of hydrogen-bond donors (Lipinski definition) is 0. The maximum Gasteiger partial charge on any atom is 0.313 e. The zero-order chi connectivity index (χ0) is 14.9. The summed E-state index contributed by atoms with van der Waals surface area (Å²) >= 11 is 0. The van der Waals surface area contributed by atoms with Gasteiger partial charge in [-0.25, -0.2) is 0 Å². The van der Waals surface area contributed by atoms with Crippen LogP contribution in [-0.2, 0) is 16.1 Å². The minimum atomic E-state index is -0.291. The van der Waals surface area contributed by atoms with Crippen LogP contribution in [0.1, 0.15) is 45.1 Å². The zero-order valence-corrected chi connectivity index (χ0v) is 12.9. The van der Waals surface area contributed by atoms with Crippen molar-refractivity contribution in [1.82, 2.24) is 9.88 Å². The fraction of sp³-hybridized carbons (Fsp3) is 0.647. The molecule has 0 aromatic carbocycles. The molecule has 4 nitrogen and oxygen atoms in total. The first-order chi connectivity index (χ1) is 10.2. The molecule has 2 saturated heterocycles. The summed E-state index contributed by atoms with van der Waals surface area (Å²) in [5.74, 6) is 0.0101. The van der Waals surface area contributed by atoms with Crippen LogP contribution in [0.3, 0.4) is 0 Å². The van der Waals surface area contributed by atoms with Crippen molar-refractivity contribution in [2.45, 2.75) is 58.2 Å². The first-order valence-electron chi connectivity index (χ1n) is 8.03. The molecule has 3 rings (SSSR count). The van der Waals surface area contributed by atoms with Gasteiger partial charge in [0.15, 0.2) is 0 Å². The predicted molar refractivity (Wildman–Crippen MR) is 80.6 cm³/mol. The Morgan fingerprint density at radius 1 is 1.48 bits per heavy atom. The maximum absolute atomic E-state index is 12.5. The molecule has 0 saturated carbocycles. The summed E-state index contributed by atoms with van der Waals surface area (Å²) < 4.78 is 5.39. The summed E-state index contributed by atoms with van der Waals surface area (Å²) in [5, 5.41) is 0. The van der Waals surface area contributed by atoms with Crippen molar-refractivity contribution >= 4 is 5.97 Å². The van der Waals surface area contributed by atoms with Crippen molar-refractivity contribution in [1.29, 1.82) is 0 Å². The van der Waals surface area contributed by atoms with E-state index < -0.39 is 0 Å². The molecule has 3 heterocycles. The summed E-state index contributed by atoms with van der Waals surface area (Å²) in [4.78, 5) is 19.2. The summed E-state index contributed by atoms with van der Waals surface area (Å²) in [6, 6.07) is 4.93. The van der Waals surface area contributed by atoms with E-state index in [1.165, 1.54) is 12.0 Å². The Hall–Kier alpha value is -1.42. The highest BCUT2D eigenvalue weighted by Gasteiger charge is 2.59. The van der Waals surface area contributed by atoms with Gasteiger partial charge in [0.25, 0.3) is 0 Å². The van der Waals surface area contributed by atoms with Gasteiger partial charge < -0.3 is 4.74 Å². The molecule has 2 fully saturated rings. The number of esters is 1. The second-order valence-electron chi connectivity index (χ2n) is 6.21. The van der Waals surface area contributed by atoms with Crippen LogP contribution >= 0.6 is 0 Å². The van der Waals surface area contributed by atoms with Crippen LogP contribution in [0.15, 0.2) is 24.5 Å². The molecular weight excluding hydrogens is 264 g/mol. The van der Waals surface area contributed by atoms with Crippen LogP contribution in [0.4, 0.5) is 0 Å². The van der Waals surface area contributed by atoms with Gasteiger partial charge in [-0.2, -0.15) is 0 Å². The summed E-state index contributed by atoms with van der Waals surface area (Å²) in [5.41, 5.74) is 0.936. The molecule has 2 bridgehead atoms. The van der Waals surface area contributed by atoms with Gasteiger partial charge >= 0.3 is 5.97 Å². The van der Waals surface area contributed by atoms with Gasteiger partial charge in [0, 0.05) is 31.0 Å². The lowest BCUT2D eigenvalue weighted by atomic mass is 9.72. The van der Waals surface area contributed by atoms with Crippen LogP contribution in [0.2, 0.25) is 0 Å². The molecule has 114 valence electrons. The summed E-state index contributed by atoms with van der Waals surface area (Å²) in [7, 11) is 0. The average molecular weight is 288 g/mol. The second-order valence-corrected chi connectivity index (χ2v) is 6.21. The Morgan fingerprint density at radius 3 is 3.00 bits per heavy atom. The third kappa shape index (κ3) is 2.35. The molecule has 0 spiro atoms. The lowest BCUT2D eigenvalue weighted by Crippen LogP contribution is -2.43. The number of fused-ring (bicyclic) bond motifs is 2. The molecule has 3 atom stereocenters. The minimum absolute atomic E-state index is 0.0101. The number of carbonyl (C=O) groups excluding carboxylic acids is 1. The first-order valence-corrected chi connectivity index (χ1v) is 8.03. The smallest absolute Gasteiger partial charge is 0.313 e. The molecule has 0 radical (unpaired) electrons. The molecule has 0 unspecified atom stereocenters. The predicted octanol–water partition coefficient (Wildman–Crippen LogP) is 2.78. The van der Waals surface area contributed by atoms with Gasteiger partial charge in [0.05, 0.1) is 12.0 Å². The van der Waals surface area contributed by atoms with E-state index >= 15 is 0 Å². The number of rotatable bonds is 5. The van der Waals surface area contributed by atoms with E-state index in [1.54, 1.807) is 6.20 Å². The molecular formula is C17H24N2O2. The first kappa shape index (κ1) is 14.5. The number of ether oxygens (including phenoxy) is 1. The number of nitrogens with zero attached hydrogens (tertiary/aromatic N) is 2. The van der Waals surface area contributed by atoms with Gasteiger partial charge in [-0.1, -0.05) is 13.0 Å². The fourth-order valence-electron chi connectivity index (χ4n) is 4.27. The van der Waals surface area contributed by atoms with E-state index in [9.17, 15) is 4.79 Å². The van der Waals surface area contributed by atoms with Gasteiger partial charge in [0.2, 0.25) is 0 Å². The molecule has 2 aliphatic heterocycles. The van der Waals surface area contributed by atoms with Crippen molar-refractivity contribution < 1.29 is 9.53 Å². The Kier molecular flexibility index (Phi) is 3.98. The van der Waals surface area contributed by atoms with Gasteiger partial charge in [-0.3, -0.25) is 14.7 Å². The Morgan fingerprint density at radius 2 is 2.33 bits per heavy atom. The van der Waals surface area contributed by atoms with Gasteiger partial charge in [-0.15, -0.1) is 0 Å². The van der Waals surface area contributed by atoms with Crippen molar-refractivity contribution in [3.8, 4) is 0 Å². The Bertz CT molecular complexity index is 505. The summed E-state index contributed by atoms with van der Waals surface area (Å²) in [6.45, 7) is 5.38. The van der Waals surface area contributed by atoms with Gasteiger partial charge in [0.1, 0.15) is 0 Å². The largest absolute Gasteiger partial charge is 0.466 e. The zero-order valence-electron chi connectivity index (χ0n) is 12.9. The Labute approximate surface area is 126 Å². The topological polar surface area (TPSA) is 42.4 Å². The summed E-state index contributed by atoms with van der Waals surface area (Å²) in [6.07, 6.45) is 7.86. The normalized spacial score (nSPS) is 31.5. The minimum Gasteiger partial charge on any atom is -0.466 e. The second kappa shape index (κ2) is 5.76. The quantitative estimate of drug-likeness (QED) is 0.781. The molecule has 1 aromatic heterocycles. The van der Waals surface area contributed by atoms with Crippen LogP contribution in [0.25, 0.3) is 0 Å². The van der Waals surface area contributed by atoms with E-state index in [1.807, 2.05) is 19.2 Å². The van der Waals surface area contributed by atoms with Crippen LogP contribution in [0.5, 0.6) is 0 Å². The van der Waals surface area contributed by atoms with Gasteiger partial charge in [-0.05, 0) is 44.2 Å². The lowest BCUT2D eigenvalue weighted by molar-refractivity contribution is -0.157. The molecule has 2 aliphatic rings. The number of hydrogen-bond acceptors (Lipinski definition) is 4. The molecule has 1 aromatic rings. The van der Waals surface area contributed by atoms with E-state index in [0.29, 0.717) is 18.7 Å². The van der Waals surface area contributed by atoms with Crippen molar-refractivity contribution in [2.75, 3.05) is 6.61 Å². The van der Waals surface area contributed by atoms with E-state index in [4.69, 9.17) is 4.74 Å². The lowest BCUT2D eigenvalue weighted by Gasteiger charge is -2.34. The van der Waals surface area contributed by atoms with E-state index in [2.05, 4.69) is 22.9 Å². The van der Waals surface area contributed by atoms with Crippen LogP contribution in [-0.4, -0.2) is 34.5 Å². The van der Waals surface area contributed by atoms with Crippen LogP contribution in [0, 0.1) is 5.41 Å². The third-order valence-electron chi connectivity index (χ3n) is 5.28. The van der Waals surface area contributed by atoms with Crippen molar-refractivity contribution in [3.05, 3.63) is 30.1 Å². The Balaban J connectivity index is 1.81. The molecule has 0 aliphatic carbocycles. The third-order valence-corrected chi connectivity index (χ3v) is 5.28. The highest BCUT2D eigenvalue weighted by atomic mass is 16.5. The molecule has 0 N–H and O–H groups in total.